The number of benzene rings is 2. The van der Waals surface area contributed by atoms with Crippen LogP contribution in [-0.2, 0) is 4.79 Å². The summed E-state index contributed by atoms with van der Waals surface area (Å²) in [5.41, 5.74) is 1.13. The van der Waals surface area contributed by atoms with Crippen LogP contribution >= 0.6 is 23.1 Å². The van der Waals surface area contributed by atoms with Gasteiger partial charge in [-0.3, -0.25) is 4.79 Å². The third-order valence-corrected chi connectivity index (χ3v) is 5.74. The predicted octanol–water partition coefficient (Wildman–Crippen LogP) is 4.09. The van der Waals surface area contributed by atoms with Crippen LogP contribution in [0.3, 0.4) is 0 Å². The first-order chi connectivity index (χ1) is 12.2. The van der Waals surface area contributed by atoms with E-state index in [-0.39, 0.29) is 11.9 Å². The van der Waals surface area contributed by atoms with Gasteiger partial charge in [0.2, 0.25) is 11.0 Å². The second kappa shape index (κ2) is 8.31. The van der Waals surface area contributed by atoms with Gasteiger partial charge in [-0.25, -0.2) is 0 Å². The van der Waals surface area contributed by atoms with Crippen LogP contribution in [0.25, 0.3) is 10.8 Å². The monoisotopic (exact) mass is 372 g/mol. The van der Waals surface area contributed by atoms with Crippen molar-refractivity contribution >= 4 is 44.9 Å². The van der Waals surface area contributed by atoms with Crippen molar-refractivity contribution in [3.05, 3.63) is 48.0 Å². The van der Waals surface area contributed by atoms with E-state index in [0.717, 1.165) is 21.6 Å². The van der Waals surface area contributed by atoms with Gasteiger partial charge < -0.3 is 10.6 Å². The Morgan fingerprint density at radius 1 is 1.20 bits per heavy atom. The first-order valence-corrected chi connectivity index (χ1v) is 9.94. The van der Waals surface area contributed by atoms with E-state index < -0.39 is 0 Å². The number of thioether (sulfide) groups is 1. The average Bonchev–Trinajstić information content (AvgIpc) is 3.07. The molecular formula is C18H20N4OS2. The van der Waals surface area contributed by atoms with Crippen LogP contribution in [0.2, 0.25) is 0 Å². The Morgan fingerprint density at radius 3 is 2.84 bits per heavy atom. The van der Waals surface area contributed by atoms with E-state index in [4.69, 9.17) is 0 Å². The number of aromatic nitrogens is 2. The van der Waals surface area contributed by atoms with Gasteiger partial charge in [-0.05, 0) is 30.2 Å². The molecule has 0 saturated carbocycles. The van der Waals surface area contributed by atoms with Crippen molar-refractivity contribution in [1.82, 2.24) is 15.5 Å². The van der Waals surface area contributed by atoms with Gasteiger partial charge in [0.15, 0.2) is 4.34 Å². The van der Waals surface area contributed by atoms with Gasteiger partial charge in [0.1, 0.15) is 0 Å². The van der Waals surface area contributed by atoms with Crippen molar-refractivity contribution in [2.24, 2.45) is 0 Å². The third kappa shape index (κ3) is 4.49. The molecule has 0 radical (unpaired) electrons. The van der Waals surface area contributed by atoms with Gasteiger partial charge in [0.05, 0.1) is 11.8 Å². The maximum atomic E-state index is 12.3. The number of amides is 1. The van der Waals surface area contributed by atoms with Crippen LogP contribution in [0.1, 0.15) is 25.5 Å². The van der Waals surface area contributed by atoms with Gasteiger partial charge in [0.25, 0.3) is 0 Å². The number of carbonyl (C=O) groups is 1. The highest BCUT2D eigenvalue weighted by molar-refractivity contribution is 8.01. The lowest BCUT2D eigenvalue weighted by atomic mass is 10.00. The third-order valence-electron chi connectivity index (χ3n) is 3.73. The molecule has 2 N–H and O–H groups in total. The molecule has 130 valence electrons. The summed E-state index contributed by atoms with van der Waals surface area (Å²) in [5, 5.41) is 17.4. The smallest absolute Gasteiger partial charge is 0.230 e. The first-order valence-electron chi connectivity index (χ1n) is 8.14. The average molecular weight is 373 g/mol. The molecule has 0 aliphatic rings. The standard InChI is InChI=1S/C18H20N4OS2/c1-3-19-17-21-22-18(25-17)24-11-16(23)20-12(2)14-10-6-8-13-7-4-5-9-15(13)14/h4-10,12H,3,11H2,1-2H3,(H,19,21)(H,20,23). The molecule has 25 heavy (non-hydrogen) atoms. The topological polar surface area (TPSA) is 66.9 Å². The highest BCUT2D eigenvalue weighted by Gasteiger charge is 2.13. The molecule has 0 saturated heterocycles. The van der Waals surface area contributed by atoms with Crippen LogP contribution in [0.15, 0.2) is 46.8 Å². The Morgan fingerprint density at radius 2 is 2.00 bits per heavy atom. The van der Waals surface area contributed by atoms with E-state index in [1.807, 2.05) is 32.0 Å². The van der Waals surface area contributed by atoms with E-state index in [0.29, 0.717) is 5.75 Å². The summed E-state index contributed by atoms with van der Waals surface area (Å²) in [6, 6.07) is 14.3. The lowest BCUT2D eigenvalue weighted by molar-refractivity contribution is -0.119. The molecule has 0 aliphatic heterocycles. The molecule has 3 rings (SSSR count). The van der Waals surface area contributed by atoms with E-state index in [1.54, 1.807) is 0 Å². The molecule has 0 fully saturated rings. The number of nitrogens with one attached hydrogen (secondary N) is 2. The molecule has 0 bridgehead atoms. The number of carbonyl (C=O) groups excluding carboxylic acids is 1. The molecule has 1 heterocycles. The van der Waals surface area contributed by atoms with Crippen molar-refractivity contribution in [3.63, 3.8) is 0 Å². The maximum Gasteiger partial charge on any atom is 0.230 e. The zero-order chi connectivity index (χ0) is 17.6. The van der Waals surface area contributed by atoms with E-state index >= 15 is 0 Å². The second-order valence-electron chi connectivity index (χ2n) is 5.55. The number of fused-ring (bicyclic) bond motifs is 1. The largest absolute Gasteiger partial charge is 0.360 e. The summed E-state index contributed by atoms with van der Waals surface area (Å²) in [5.74, 6) is 0.321. The molecule has 1 aromatic heterocycles. The van der Waals surface area contributed by atoms with Crippen molar-refractivity contribution < 1.29 is 4.79 Å². The highest BCUT2D eigenvalue weighted by atomic mass is 32.2. The first kappa shape index (κ1) is 17.7. The highest BCUT2D eigenvalue weighted by Crippen LogP contribution is 2.26. The summed E-state index contributed by atoms with van der Waals surface area (Å²) in [7, 11) is 0. The van der Waals surface area contributed by atoms with Crippen LogP contribution in [0.4, 0.5) is 5.13 Å². The minimum absolute atomic E-state index is 0.00867. The molecule has 1 unspecified atom stereocenters. The van der Waals surface area contributed by atoms with Crippen LogP contribution < -0.4 is 10.6 Å². The maximum absolute atomic E-state index is 12.3. The summed E-state index contributed by atoms with van der Waals surface area (Å²) in [4.78, 5) is 12.3. The molecule has 5 nitrogen and oxygen atoms in total. The van der Waals surface area contributed by atoms with Crippen LogP contribution in [0, 0.1) is 0 Å². The fraction of sp³-hybridized carbons (Fsp3) is 0.278. The Balaban J connectivity index is 1.60. The van der Waals surface area contributed by atoms with E-state index in [1.165, 1.54) is 33.9 Å². The predicted molar refractivity (Wildman–Crippen MR) is 105 cm³/mol. The summed E-state index contributed by atoms with van der Waals surface area (Å²) in [6.45, 7) is 4.83. The number of rotatable bonds is 7. The van der Waals surface area contributed by atoms with Crippen molar-refractivity contribution in [2.45, 2.75) is 24.2 Å². The summed E-state index contributed by atoms with van der Waals surface area (Å²) < 4.78 is 0.795. The lowest BCUT2D eigenvalue weighted by Crippen LogP contribution is -2.28. The lowest BCUT2D eigenvalue weighted by Gasteiger charge is -2.16. The molecule has 0 aliphatic carbocycles. The quantitative estimate of drug-likeness (QED) is 0.612. The molecular weight excluding hydrogens is 352 g/mol. The molecule has 0 spiro atoms. The molecule has 1 atom stereocenters. The van der Waals surface area contributed by atoms with Crippen molar-refractivity contribution in [3.8, 4) is 0 Å². The number of nitrogens with zero attached hydrogens (tertiary/aromatic N) is 2. The fourth-order valence-corrected chi connectivity index (χ4v) is 4.24. The fourth-order valence-electron chi connectivity index (χ4n) is 2.61. The normalized spacial score (nSPS) is 12.1. The minimum atomic E-state index is -0.0501. The van der Waals surface area contributed by atoms with Gasteiger partial charge >= 0.3 is 0 Å². The van der Waals surface area contributed by atoms with Gasteiger partial charge in [-0.1, -0.05) is 65.6 Å². The molecule has 7 heteroatoms. The van der Waals surface area contributed by atoms with Crippen LogP contribution in [-0.4, -0.2) is 28.4 Å². The molecule has 3 aromatic rings. The Labute approximate surface area is 155 Å². The Kier molecular flexibility index (Phi) is 5.88. The Hall–Kier alpha value is -2.12. The van der Waals surface area contributed by atoms with Crippen LogP contribution in [0.5, 0.6) is 0 Å². The van der Waals surface area contributed by atoms with Crippen molar-refractivity contribution in [1.29, 1.82) is 0 Å². The van der Waals surface area contributed by atoms with Crippen molar-refractivity contribution in [2.75, 3.05) is 17.6 Å². The van der Waals surface area contributed by atoms with Gasteiger partial charge in [0, 0.05) is 6.54 Å². The SMILES string of the molecule is CCNc1nnc(SCC(=O)NC(C)c2cccc3ccccc23)s1. The van der Waals surface area contributed by atoms with Gasteiger partial charge in [-0.15, -0.1) is 10.2 Å². The zero-order valence-corrected chi connectivity index (χ0v) is 15.8. The van der Waals surface area contributed by atoms with E-state index in [2.05, 4.69) is 45.1 Å². The van der Waals surface area contributed by atoms with E-state index in [9.17, 15) is 4.79 Å². The second-order valence-corrected chi connectivity index (χ2v) is 7.75. The summed E-state index contributed by atoms with van der Waals surface area (Å²) in [6.07, 6.45) is 0. The number of hydrogen-bond acceptors (Lipinski definition) is 6. The minimum Gasteiger partial charge on any atom is -0.360 e. The number of anilines is 1. The van der Waals surface area contributed by atoms with Gasteiger partial charge in [-0.2, -0.15) is 0 Å². The Bertz CT molecular complexity index is 860. The zero-order valence-electron chi connectivity index (χ0n) is 14.2. The molecule has 2 aromatic carbocycles. The molecule has 1 amide bonds. The number of hydrogen-bond donors (Lipinski definition) is 2. The summed E-state index contributed by atoms with van der Waals surface area (Å²) >= 11 is 2.88.